The summed E-state index contributed by atoms with van der Waals surface area (Å²) in [5.41, 5.74) is 1.75. The minimum atomic E-state index is -4.19. The molecule has 32 heavy (non-hydrogen) atoms. The highest BCUT2D eigenvalue weighted by Gasteiger charge is 2.30. The molecule has 1 aromatic heterocycles. The van der Waals surface area contributed by atoms with Crippen LogP contribution in [0.1, 0.15) is 11.1 Å². The van der Waals surface area contributed by atoms with E-state index >= 15 is 0 Å². The second-order valence-electron chi connectivity index (χ2n) is 6.90. The van der Waals surface area contributed by atoms with Crippen molar-refractivity contribution in [2.45, 2.75) is 18.4 Å². The zero-order valence-electron chi connectivity index (χ0n) is 17.4. The van der Waals surface area contributed by atoms with Crippen LogP contribution in [-0.2, 0) is 21.4 Å². The maximum absolute atomic E-state index is 13.7. The molecule has 168 valence electrons. The largest absolute Gasteiger partial charge is 0.495 e. The number of nitrogens with one attached hydrogen (secondary N) is 1. The number of rotatable bonds is 8. The summed E-state index contributed by atoms with van der Waals surface area (Å²) >= 11 is 12.1. The normalized spacial score (nSPS) is 11.1. The molecule has 1 amide bonds. The molecular formula is C22H21Cl2N3O4S. The predicted octanol–water partition coefficient (Wildman–Crippen LogP) is 4.22. The topological polar surface area (TPSA) is 88.6 Å². The molecule has 3 aromatic rings. The summed E-state index contributed by atoms with van der Waals surface area (Å²) in [4.78, 5) is 16.6. The molecule has 1 N–H and O–H groups in total. The van der Waals surface area contributed by atoms with Gasteiger partial charge in [-0.1, -0.05) is 29.3 Å². The van der Waals surface area contributed by atoms with Gasteiger partial charge in [0.15, 0.2) is 0 Å². The Morgan fingerprint density at radius 1 is 1.06 bits per heavy atom. The second-order valence-corrected chi connectivity index (χ2v) is 9.54. The molecule has 3 rings (SSSR count). The minimum Gasteiger partial charge on any atom is -0.495 e. The molecule has 0 fully saturated rings. The molecule has 0 saturated carbocycles. The van der Waals surface area contributed by atoms with E-state index in [1.807, 2.05) is 0 Å². The number of ether oxygens (including phenoxy) is 1. The van der Waals surface area contributed by atoms with E-state index in [0.717, 1.165) is 15.4 Å². The highest BCUT2D eigenvalue weighted by atomic mass is 35.5. The standard InChI is InChI=1S/C22H21Cl2N3O4S/c1-15-3-6-20(31-2)21(11-15)32(29,30)27(17-4-5-18(23)19(24)12-17)14-22(28)26-13-16-7-9-25-10-8-16/h3-12H,13-14H2,1-2H3,(H,26,28). The van der Waals surface area contributed by atoms with Crippen molar-refractivity contribution in [3.63, 3.8) is 0 Å². The van der Waals surface area contributed by atoms with E-state index in [-0.39, 0.29) is 32.9 Å². The Morgan fingerprint density at radius 2 is 1.78 bits per heavy atom. The van der Waals surface area contributed by atoms with E-state index in [1.165, 1.54) is 31.4 Å². The molecule has 1 heterocycles. The SMILES string of the molecule is COc1ccc(C)cc1S(=O)(=O)N(CC(=O)NCc1ccncc1)c1ccc(Cl)c(Cl)c1. The van der Waals surface area contributed by atoms with Crippen molar-refractivity contribution in [1.29, 1.82) is 0 Å². The van der Waals surface area contributed by atoms with Gasteiger partial charge in [-0.05, 0) is 60.5 Å². The number of pyridine rings is 1. The first-order valence-electron chi connectivity index (χ1n) is 9.50. The van der Waals surface area contributed by atoms with Gasteiger partial charge >= 0.3 is 0 Å². The molecule has 0 spiro atoms. The molecule has 0 atom stereocenters. The predicted molar refractivity (Wildman–Crippen MR) is 125 cm³/mol. The number of aryl methyl sites for hydroxylation is 1. The lowest BCUT2D eigenvalue weighted by molar-refractivity contribution is -0.119. The van der Waals surface area contributed by atoms with Crippen LogP contribution >= 0.6 is 23.2 Å². The zero-order chi connectivity index (χ0) is 23.3. The van der Waals surface area contributed by atoms with Crippen molar-refractivity contribution in [1.82, 2.24) is 10.3 Å². The lowest BCUT2D eigenvalue weighted by Crippen LogP contribution is -2.40. The van der Waals surface area contributed by atoms with Crippen molar-refractivity contribution < 1.29 is 17.9 Å². The molecule has 10 heteroatoms. The number of halogens is 2. The van der Waals surface area contributed by atoms with Gasteiger partial charge in [0.2, 0.25) is 5.91 Å². The fourth-order valence-electron chi connectivity index (χ4n) is 2.95. The third-order valence-electron chi connectivity index (χ3n) is 4.60. The van der Waals surface area contributed by atoms with Gasteiger partial charge < -0.3 is 10.1 Å². The Hall–Kier alpha value is -2.81. The molecule has 0 radical (unpaired) electrons. The lowest BCUT2D eigenvalue weighted by Gasteiger charge is -2.25. The quantitative estimate of drug-likeness (QED) is 0.507. The molecule has 2 aromatic carbocycles. The smallest absolute Gasteiger partial charge is 0.268 e. The summed E-state index contributed by atoms with van der Waals surface area (Å²) in [6, 6.07) is 12.7. The fraction of sp³-hybridized carbons (Fsp3) is 0.182. The maximum Gasteiger partial charge on any atom is 0.268 e. The van der Waals surface area contributed by atoms with Crippen LogP contribution in [0.25, 0.3) is 0 Å². The summed E-state index contributed by atoms with van der Waals surface area (Å²) < 4.78 is 33.6. The van der Waals surface area contributed by atoms with Crippen molar-refractivity contribution in [3.05, 3.63) is 82.1 Å². The van der Waals surface area contributed by atoms with E-state index in [4.69, 9.17) is 27.9 Å². The van der Waals surface area contributed by atoms with Gasteiger partial charge in [-0.25, -0.2) is 8.42 Å². The number of anilines is 1. The summed E-state index contributed by atoms with van der Waals surface area (Å²) in [5, 5.41) is 3.16. The first-order valence-corrected chi connectivity index (χ1v) is 11.7. The fourth-order valence-corrected chi connectivity index (χ4v) is 4.90. The Bertz CT molecular complexity index is 1220. The van der Waals surface area contributed by atoms with Crippen LogP contribution in [0, 0.1) is 6.92 Å². The van der Waals surface area contributed by atoms with E-state index in [9.17, 15) is 13.2 Å². The third-order valence-corrected chi connectivity index (χ3v) is 7.14. The average Bonchev–Trinajstić information content (AvgIpc) is 2.78. The Morgan fingerprint density at radius 3 is 2.44 bits per heavy atom. The summed E-state index contributed by atoms with van der Waals surface area (Å²) in [6.45, 7) is 1.52. The highest BCUT2D eigenvalue weighted by molar-refractivity contribution is 7.93. The first kappa shape index (κ1) is 23.8. The van der Waals surface area contributed by atoms with Gasteiger partial charge in [0.1, 0.15) is 17.2 Å². The molecule has 0 aliphatic heterocycles. The van der Waals surface area contributed by atoms with Crippen molar-refractivity contribution in [3.8, 4) is 5.75 Å². The number of sulfonamides is 1. The first-order chi connectivity index (χ1) is 15.2. The number of carbonyl (C=O) groups excluding carboxylic acids is 1. The molecule has 0 saturated heterocycles. The third kappa shape index (κ3) is 5.51. The Kier molecular flexibility index (Phi) is 7.60. The lowest BCUT2D eigenvalue weighted by atomic mass is 10.2. The molecule has 0 bridgehead atoms. The zero-order valence-corrected chi connectivity index (χ0v) is 19.7. The molecule has 0 unspecified atom stereocenters. The van der Waals surface area contributed by atoms with Crippen LogP contribution in [0.3, 0.4) is 0 Å². The number of methoxy groups -OCH3 is 1. The van der Waals surface area contributed by atoms with Crippen molar-refractivity contribution in [2.24, 2.45) is 0 Å². The Labute approximate surface area is 197 Å². The van der Waals surface area contributed by atoms with Gasteiger partial charge in [-0.2, -0.15) is 0 Å². The van der Waals surface area contributed by atoms with E-state index in [2.05, 4.69) is 10.3 Å². The van der Waals surface area contributed by atoms with Crippen LogP contribution in [0.5, 0.6) is 5.75 Å². The maximum atomic E-state index is 13.7. The van der Waals surface area contributed by atoms with Gasteiger partial charge in [0, 0.05) is 18.9 Å². The second kappa shape index (κ2) is 10.2. The van der Waals surface area contributed by atoms with E-state index < -0.39 is 22.5 Å². The number of benzene rings is 2. The van der Waals surface area contributed by atoms with Crippen LogP contribution in [-0.4, -0.2) is 33.0 Å². The number of hydrogen-bond donors (Lipinski definition) is 1. The van der Waals surface area contributed by atoms with Crippen molar-refractivity contribution in [2.75, 3.05) is 18.0 Å². The average molecular weight is 494 g/mol. The molecule has 7 nitrogen and oxygen atoms in total. The number of aromatic nitrogens is 1. The number of hydrogen-bond acceptors (Lipinski definition) is 5. The van der Waals surface area contributed by atoms with Gasteiger partial charge in [-0.15, -0.1) is 0 Å². The van der Waals surface area contributed by atoms with E-state index in [0.29, 0.717) is 0 Å². The molecule has 0 aliphatic rings. The number of nitrogens with zero attached hydrogens (tertiary/aromatic N) is 2. The number of amides is 1. The van der Waals surface area contributed by atoms with Gasteiger partial charge in [-0.3, -0.25) is 14.1 Å². The van der Waals surface area contributed by atoms with Crippen LogP contribution < -0.4 is 14.4 Å². The number of carbonyl (C=O) groups is 1. The summed E-state index contributed by atoms with van der Waals surface area (Å²) in [6.07, 6.45) is 3.22. The molecule has 0 aliphatic carbocycles. The van der Waals surface area contributed by atoms with Crippen LogP contribution in [0.2, 0.25) is 10.0 Å². The monoisotopic (exact) mass is 493 g/mol. The molecular weight excluding hydrogens is 473 g/mol. The van der Waals surface area contributed by atoms with Gasteiger partial charge in [0.25, 0.3) is 10.0 Å². The minimum absolute atomic E-state index is 0.0620. The van der Waals surface area contributed by atoms with E-state index in [1.54, 1.807) is 43.6 Å². The van der Waals surface area contributed by atoms with Crippen LogP contribution in [0.15, 0.2) is 65.8 Å². The summed E-state index contributed by atoms with van der Waals surface area (Å²) in [7, 11) is -2.81. The van der Waals surface area contributed by atoms with Gasteiger partial charge in [0.05, 0.1) is 22.8 Å². The highest BCUT2D eigenvalue weighted by Crippen LogP contribution is 2.33. The Balaban J connectivity index is 1.98. The summed E-state index contributed by atoms with van der Waals surface area (Å²) in [5.74, 6) is -0.332. The van der Waals surface area contributed by atoms with Crippen molar-refractivity contribution >= 4 is 44.8 Å². The van der Waals surface area contributed by atoms with Crippen LogP contribution in [0.4, 0.5) is 5.69 Å².